The SMILES string of the molecule is CC1(c2ccccc2)CC1CN(CC1CC1)C(=O)C1CC1. The lowest BCUT2D eigenvalue weighted by Gasteiger charge is -2.24. The number of hydrogen-bond donors (Lipinski definition) is 0. The van der Waals surface area contributed by atoms with Crippen LogP contribution >= 0.6 is 0 Å². The van der Waals surface area contributed by atoms with Crippen molar-refractivity contribution in [2.75, 3.05) is 13.1 Å². The molecule has 0 heterocycles. The van der Waals surface area contributed by atoms with Gasteiger partial charge < -0.3 is 4.90 Å². The van der Waals surface area contributed by atoms with E-state index in [0.717, 1.165) is 31.8 Å². The molecule has 0 aliphatic heterocycles. The Morgan fingerprint density at radius 2 is 1.86 bits per heavy atom. The summed E-state index contributed by atoms with van der Waals surface area (Å²) >= 11 is 0. The molecule has 3 aliphatic rings. The third-order valence-corrected chi connectivity index (χ3v) is 5.70. The zero-order valence-corrected chi connectivity index (χ0v) is 12.9. The second-order valence-corrected chi connectivity index (χ2v) is 7.65. The fourth-order valence-corrected chi connectivity index (χ4v) is 3.61. The van der Waals surface area contributed by atoms with Crippen molar-refractivity contribution in [3.63, 3.8) is 0 Å². The number of amides is 1. The van der Waals surface area contributed by atoms with Crippen LogP contribution in [0.3, 0.4) is 0 Å². The fourth-order valence-electron chi connectivity index (χ4n) is 3.61. The van der Waals surface area contributed by atoms with Gasteiger partial charge in [-0.2, -0.15) is 0 Å². The summed E-state index contributed by atoms with van der Waals surface area (Å²) in [5.41, 5.74) is 1.74. The number of carbonyl (C=O) groups is 1. The van der Waals surface area contributed by atoms with Crippen molar-refractivity contribution in [2.24, 2.45) is 17.8 Å². The highest BCUT2D eigenvalue weighted by Crippen LogP contribution is 2.54. The molecule has 112 valence electrons. The molecule has 0 aromatic heterocycles. The summed E-state index contributed by atoms with van der Waals surface area (Å²) in [6, 6.07) is 10.8. The Kier molecular flexibility index (Phi) is 3.09. The average Bonchev–Trinajstić information content (AvgIpc) is 3.32. The molecule has 2 unspecified atom stereocenters. The largest absolute Gasteiger partial charge is 0.342 e. The van der Waals surface area contributed by atoms with Crippen molar-refractivity contribution < 1.29 is 4.79 Å². The van der Waals surface area contributed by atoms with Crippen LogP contribution in [-0.4, -0.2) is 23.9 Å². The maximum Gasteiger partial charge on any atom is 0.225 e. The number of benzene rings is 1. The van der Waals surface area contributed by atoms with Gasteiger partial charge in [-0.15, -0.1) is 0 Å². The smallest absolute Gasteiger partial charge is 0.225 e. The number of rotatable bonds is 6. The van der Waals surface area contributed by atoms with Crippen LogP contribution < -0.4 is 0 Å². The maximum absolute atomic E-state index is 12.5. The molecule has 21 heavy (non-hydrogen) atoms. The Hall–Kier alpha value is -1.31. The van der Waals surface area contributed by atoms with Crippen LogP contribution in [-0.2, 0) is 10.2 Å². The van der Waals surface area contributed by atoms with Gasteiger partial charge in [0.25, 0.3) is 0 Å². The normalized spacial score (nSPS) is 31.0. The van der Waals surface area contributed by atoms with Crippen molar-refractivity contribution in [3.8, 4) is 0 Å². The highest BCUT2D eigenvalue weighted by atomic mass is 16.2. The lowest BCUT2D eigenvalue weighted by molar-refractivity contribution is -0.133. The summed E-state index contributed by atoms with van der Waals surface area (Å²) < 4.78 is 0. The fraction of sp³-hybridized carbons (Fsp3) is 0.632. The Balaban J connectivity index is 1.43. The Labute approximate surface area is 127 Å². The zero-order chi connectivity index (χ0) is 14.4. The van der Waals surface area contributed by atoms with E-state index in [-0.39, 0.29) is 0 Å². The van der Waals surface area contributed by atoms with E-state index in [1.165, 1.54) is 24.8 Å². The van der Waals surface area contributed by atoms with Crippen molar-refractivity contribution in [2.45, 2.75) is 44.4 Å². The van der Waals surface area contributed by atoms with E-state index in [9.17, 15) is 4.79 Å². The van der Waals surface area contributed by atoms with Crippen LogP contribution in [0.25, 0.3) is 0 Å². The van der Waals surface area contributed by atoms with Gasteiger partial charge >= 0.3 is 0 Å². The first-order valence-corrected chi connectivity index (χ1v) is 8.51. The Bertz CT molecular complexity index is 532. The molecule has 0 spiro atoms. The molecule has 1 aromatic carbocycles. The second-order valence-electron chi connectivity index (χ2n) is 7.65. The summed E-state index contributed by atoms with van der Waals surface area (Å²) in [6.45, 7) is 4.37. The van der Waals surface area contributed by atoms with Crippen LogP contribution in [0.5, 0.6) is 0 Å². The minimum atomic E-state index is 0.299. The van der Waals surface area contributed by atoms with Gasteiger partial charge in [0.2, 0.25) is 5.91 Å². The molecule has 3 aliphatic carbocycles. The van der Waals surface area contributed by atoms with E-state index in [1.807, 2.05) is 0 Å². The summed E-state index contributed by atoms with van der Waals surface area (Å²) in [5, 5.41) is 0. The van der Waals surface area contributed by atoms with Crippen LogP contribution in [0.15, 0.2) is 30.3 Å². The van der Waals surface area contributed by atoms with Crippen LogP contribution in [0.4, 0.5) is 0 Å². The van der Waals surface area contributed by atoms with Gasteiger partial charge in [-0.05, 0) is 54.9 Å². The average molecular weight is 283 g/mol. The second kappa shape index (κ2) is 4.86. The number of hydrogen-bond acceptors (Lipinski definition) is 1. The molecule has 4 rings (SSSR count). The molecule has 0 bridgehead atoms. The summed E-state index contributed by atoms with van der Waals surface area (Å²) in [5.74, 6) is 2.27. The van der Waals surface area contributed by atoms with Gasteiger partial charge in [-0.1, -0.05) is 37.3 Å². The predicted octanol–water partition coefficient (Wildman–Crippen LogP) is 3.61. The highest BCUT2D eigenvalue weighted by molar-refractivity contribution is 5.81. The van der Waals surface area contributed by atoms with E-state index in [1.54, 1.807) is 0 Å². The topological polar surface area (TPSA) is 20.3 Å². The van der Waals surface area contributed by atoms with E-state index >= 15 is 0 Å². The molecule has 3 fully saturated rings. The van der Waals surface area contributed by atoms with Gasteiger partial charge in [-0.25, -0.2) is 0 Å². The molecule has 0 radical (unpaired) electrons. The minimum Gasteiger partial charge on any atom is -0.342 e. The van der Waals surface area contributed by atoms with E-state index in [0.29, 0.717) is 23.2 Å². The lowest BCUT2D eigenvalue weighted by Crippen LogP contribution is -2.36. The lowest BCUT2D eigenvalue weighted by atomic mass is 9.95. The standard InChI is InChI=1S/C19H25NO/c1-19(16-5-3-2-4-6-16)11-17(19)13-20(12-14-7-8-14)18(21)15-9-10-15/h2-6,14-15,17H,7-13H2,1H3. The van der Waals surface area contributed by atoms with Crippen molar-refractivity contribution >= 4 is 5.91 Å². The molecule has 2 nitrogen and oxygen atoms in total. The first-order valence-electron chi connectivity index (χ1n) is 8.51. The summed E-state index contributed by atoms with van der Waals surface area (Å²) in [6.07, 6.45) is 6.14. The van der Waals surface area contributed by atoms with E-state index in [4.69, 9.17) is 0 Å². The van der Waals surface area contributed by atoms with E-state index in [2.05, 4.69) is 42.2 Å². The molecule has 2 heteroatoms. The molecular formula is C19H25NO. The molecule has 0 N–H and O–H groups in total. The Morgan fingerprint density at radius 3 is 2.48 bits per heavy atom. The monoisotopic (exact) mass is 283 g/mol. The minimum absolute atomic E-state index is 0.299. The third kappa shape index (κ3) is 2.73. The summed E-state index contributed by atoms with van der Waals surface area (Å²) in [4.78, 5) is 14.7. The van der Waals surface area contributed by atoms with Gasteiger partial charge in [0, 0.05) is 19.0 Å². The van der Waals surface area contributed by atoms with Crippen LogP contribution in [0.2, 0.25) is 0 Å². The maximum atomic E-state index is 12.5. The molecule has 0 saturated heterocycles. The van der Waals surface area contributed by atoms with E-state index < -0.39 is 0 Å². The number of nitrogens with zero attached hydrogens (tertiary/aromatic N) is 1. The van der Waals surface area contributed by atoms with Gasteiger partial charge in [-0.3, -0.25) is 4.79 Å². The first-order chi connectivity index (χ1) is 10.2. The first kappa shape index (κ1) is 13.4. The predicted molar refractivity (Wildman–Crippen MR) is 83.9 cm³/mol. The van der Waals surface area contributed by atoms with Crippen LogP contribution in [0, 0.1) is 17.8 Å². The van der Waals surface area contributed by atoms with Crippen molar-refractivity contribution in [1.29, 1.82) is 0 Å². The quantitative estimate of drug-likeness (QED) is 0.781. The van der Waals surface area contributed by atoms with Crippen molar-refractivity contribution in [1.82, 2.24) is 4.90 Å². The summed E-state index contributed by atoms with van der Waals surface area (Å²) in [7, 11) is 0. The third-order valence-electron chi connectivity index (χ3n) is 5.70. The zero-order valence-electron chi connectivity index (χ0n) is 12.9. The van der Waals surface area contributed by atoms with Gasteiger partial charge in [0.1, 0.15) is 0 Å². The molecule has 2 atom stereocenters. The van der Waals surface area contributed by atoms with Gasteiger partial charge in [0.15, 0.2) is 0 Å². The van der Waals surface area contributed by atoms with Crippen molar-refractivity contribution in [3.05, 3.63) is 35.9 Å². The molecule has 1 aromatic rings. The number of carbonyl (C=O) groups excluding carboxylic acids is 1. The molecule has 3 saturated carbocycles. The Morgan fingerprint density at radius 1 is 1.14 bits per heavy atom. The molecular weight excluding hydrogens is 258 g/mol. The molecule has 1 amide bonds. The highest BCUT2D eigenvalue weighted by Gasteiger charge is 2.52. The van der Waals surface area contributed by atoms with Gasteiger partial charge in [0.05, 0.1) is 0 Å². The van der Waals surface area contributed by atoms with Crippen LogP contribution in [0.1, 0.15) is 44.6 Å².